The second-order valence-corrected chi connectivity index (χ2v) is 7.86. The van der Waals surface area contributed by atoms with Gasteiger partial charge in [-0.05, 0) is 64.8 Å². The molecule has 0 heterocycles. The minimum absolute atomic E-state index is 0.0614. The molecule has 0 radical (unpaired) electrons. The van der Waals surface area contributed by atoms with Crippen molar-refractivity contribution in [2.75, 3.05) is 11.9 Å². The smallest absolute Gasteiger partial charge is 0.276 e. The molecule has 2 aromatic rings. The van der Waals surface area contributed by atoms with Gasteiger partial charge in [0, 0.05) is 22.1 Å². The number of anilines is 1. The Bertz CT molecular complexity index is 873. The molecule has 2 rings (SSSR count). The van der Waals surface area contributed by atoms with Gasteiger partial charge in [-0.2, -0.15) is 0 Å². The fraction of sp³-hybridized carbons (Fsp3) is 0.250. The van der Waals surface area contributed by atoms with Crippen LogP contribution in [-0.2, 0) is 9.59 Å². The van der Waals surface area contributed by atoms with Crippen LogP contribution in [0.5, 0.6) is 5.75 Å². The van der Waals surface area contributed by atoms with E-state index in [0.717, 1.165) is 17.3 Å². The average molecular weight is 527 g/mol. The quantitative estimate of drug-likeness (QED) is 0.449. The Hall–Kier alpha value is -2.39. The molecule has 0 spiro atoms. The van der Waals surface area contributed by atoms with Crippen LogP contribution in [0.2, 0.25) is 0 Å². The van der Waals surface area contributed by atoms with Crippen LogP contribution < -0.4 is 20.9 Å². The number of nitrogens with one attached hydrogen (secondary N) is 3. The topological polar surface area (TPSA) is 96.5 Å². The zero-order valence-corrected chi connectivity index (χ0v) is 18.9. The predicted octanol–water partition coefficient (Wildman–Crippen LogP) is 4.18. The van der Waals surface area contributed by atoms with Crippen LogP contribution in [0.3, 0.4) is 0 Å². The first-order valence-corrected chi connectivity index (χ1v) is 10.5. The highest BCUT2D eigenvalue weighted by molar-refractivity contribution is 9.11. The zero-order chi connectivity index (χ0) is 21.2. The molecule has 9 heteroatoms. The van der Waals surface area contributed by atoms with Gasteiger partial charge in [0.2, 0.25) is 5.91 Å². The van der Waals surface area contributed by atoms with Gasteiger partial charge in [0.15, 0.2) is 6.61 Å². The Morgan fingerprint density at radius 2 is 1.69 bits per heavy atom. The molecule has 0 fully saturated rings. The fourth-order valence-corrected chi connectivity index (χ4v) is 3.40. The number of rotatable bonds is 8. The number of hydrogen-bond donors (Lipinski definition) is 3. The second-order valence-electron chi connectivity index (χ2n) is 6.09. The van der Waals surface area contributed by atoms with Crippen LogP contribution >= 0.6 is 31.9 Å². The third-order valence-electron chi connectivity index (χ3n) is 3.76. The molecule has 3 amide bonds. The van der Waals surface area contributed by atoms with Gasteiger partial charge in [0.05, 0.1) is 4.47 Å². The number of amides is 3. The van der Waals surface area contributed by atoms with Crippen molar-refractivity contribution < 1.29 is 19.1 Å². The molecule has 0 atom stereocenters. The normalized spacial score (nSPS) is 10.2. The third kappa shape index (κ3) is 7.86. The van der Waals surface area contributed by atoms with Crippen molar-refractivity contribution in [1.29, 1.82) is 0 Å². The van der Waals surface area contributed by atoms with Crippen LogP contribution in [0, 0.1) is 0 Å². The molecule has 0 unspecified atom stereocenters. The molecule has 0 aliphatic rings. The maximum atomic E-state index is 12.1. The fourth-order valence-electron chi connectivity index (χ4n) is 2.24. The lowest BCUT2D eigenvalue weighted by Gasteiger charge is -2.10. The van der Waals surface area contributed by atoms with Crippen LogP contribution in [0.1, 0.15) is 36.5 Å². The Balaban J connectivity index is 1.77. The summed E-state index contributed by atoms with van der Waals surface area (Å²) in [6, 6.07) is 11.7. The van der Waals surface area contributed by atoms with Crippen LogP contribution in [-0.4, -0.2) is 24.3 Å². The molecule has 29 heavy (non-hydrogen) atoms. The Labute approximate surface area is 185 Å². The van der Waals surface area contributed by atoms with Gasteiger partial charge in [0.1, 0.15) is 5.75 Å². The summed E-state index contributed by atoms with van der Waals surface area (Å²) in [4.78, 5) is 35.7. The molecular weight excluding hydrogens is 506 g/mol. The summed E-state index contributed by atoms with van der Waals surface area (Å²) in [6.45, 7) is 1.76. The van der Waals surface area contributed by atoms with Crippen molar-refractivity contribution in [3.63, 3.8) is 0 Å². The van der Waals surface area contributed by atoms with Gasteiger partial charge < -0.3 is 10.1 Å². The van der Waals surface area contributed by atoms with E-state index in [2.05, 4.69) is 48.0 Å². The standard InChI is InChI=1S/C20H21Br2N3O4/c1-2-3-4-18(26)23-15-8-5-13(6-9-15)20(28)25-24-19(27)12-29-17-10-7-14(21)11-16(17)22/h5-11H,2-4,12H2,1H3,(H,23,26)(H,24,27)(H,25,28). The highest BCUT2D eigenvalue weighted by Gasteiger charge is 2.10. The molecule has 7 nitrogen and oxygen atoms in total. The minimum atomic E-state index is -0.507. The number of ether oxygens (including phenoxy) is 1. The maximum absolute atomic E-state index is 12.1. The van der Waals surface area contributed by atoms with Gasteiger partial charge >= 0.3 is 0 Å². The summed E-state index contributed by atoms with van der Waals surface area (Å²) in [5, 5.41) is 2.77. The van der Waals surface area contributed by atoms with Gasteiger partial charge in [-0.15, -0.1) is 0 Å². The first-order chi connectivity index (χ1) is 13.9. The molecular formula is C20H21Br2N3O4. The first kappa shape index (κ1) is 22.9. The van der Waals surface area contributed by atoms with E-state index in [0.29, 0.717) is 27.9 Å². The van der Waals surface area contributed by atoms with E-state index < -0.39 is 11.8 Å². The molecule has 0 aliphatic heterocycles. The number of carbonyl (C=O) groups is 3. The predicted molar refractivity (Wildman–Crippen MR) is 118 cm³/mol. The van der Waals surface area contributed by atoms with E-state index in [-0.39, 0.29) is 12.5 Å². The summed E-state index contributed by atoms with van der Waals surface area (Å²) < 4.78 is 6.98. The van der Waals surface area contributed by atoms with Crippen LogP contribution in [0.25, 0.3) is 0 Å². The molecule has 0 bridgehead atoms. The minimum Gasteiger partial charge on any atom is -0.483 e. The lowest BCUT2D eigenvalue weighted by Crippen LogP contribution is -2.43. The molecule has 3 N–H and O–H groups in total. The lowest BCUT2D eigenvalue weighted by atomic mass is 10.2. The van der Waals surface area contributed by atoms with Crippen molar-refractivity contribution in [1.82, 2.24) is 10.9 Å². The molecule has 0 saturated heterocycles. The van der Waals surface area contributed by atoms with E-state index in [1.807, 2.05) is 6.92 Å². The Kier molecular flexibility index (Phi) is 9.14. The van der Waals surface area contributed by atoms with Crippen LogP contribution in [0.15, 0.2) is 51.4 Å². The molecule has 0 aliphatic carbocycles. The van der Waals surface area contributed by atoms with Gasteiger partial charge in [-0.1, -0.05) is 29.3 Å². The van der Waals surface area contributed by atoms with E-state index in [1.165, 1.54) is 0 Å². The van der Waals surface area contributed by atoms with Crippen molar-refractivity contribution in [2.45, 2.75) is 26.2 Å². The van der Waals surface area contributed by atoms with Crippen molar-refractivity contribution in [2.24, 2.45) is 0 Å². The highest BCUT2D eigenvalue weighted by atomic mass is 79.9. The maximum Gasteiger partial charge on any atom is 0.276 e. The van der Waals surface area contributed by atoms with Crippen molar-refractivity contribution in [3.05, 3.63) is 57.0 Å². The third-order valence-corrected chi connectivity index (χ3v) is 4.87. The number of hydrazine groups is 1. The Morgan fingerprint density at radius 1 is 0.966 bits per heavy atom. The van der Waals surface area contributed by atoms with E-state index in [9.17, 15) is 14.4 Å². The van der Waals surface area contributed by atoms with Gasteiger partial charge in [0.25, 0.3) is 11.8 Å². The van der Waals surface area contributed by atoms with Gasteiger partial charge in [-0.25, -0.2) is 0 Å². The number of benzene rings is 2. The van der Waals surface area contributed by atoms with Crippen molar-refractivity contribution >= 4 is 55.3 Å². The number of unbranched alkanes of at least 4 members (excludes halogenated alkanes) is 1. The summed E-state index contributed by atoms with van der Waals surface area (Å²) >= 11 is 6.67. The largest absolute Gasteiger partial charge is 0.483 e. The number of carbonyl (C=O) groups excluding carboxylic acids is 3. The van der Waals surface area contributed by atoms with E-state index in [4.69, 9.17) is 4.74 Å². The number of halogens is 2. The molecule has 154 valence electrons. The average Bonchev–Trinajstić information content (AvgIpc) is 2.70. The summed E-state index contributed by atoms with van der Waals surface area (Å²) in [6.07, 6.45) is 2.24. The number of hydrogen-bond acceptors (Lipinski definition) is 4. The Morgan fingerprint density at radius 3 is 2.34 bits per heavy atom. The highest BCUT2D eigenvalue weighted by Crippen LogP contribution is 2.28. The van der Waals surface area contributed by atoms with Gasteiger partial charge in [-0.3, -0.25) is 25.2 Å². The summed E-state index contributed by atoms with van der Waals surface area (Å²) in [5.41, 5.74) is 5.57. The second kappa shape index (κ2) is 11.6. The molecule has 2 aromatic carbocycles. The summed E-state index contributed by atoms with van der Waals surface area (Å²) in [5.74, 6) is -0.542. The zero-order valence-electron chi connectivity index (χ0n) is 15.8. The molecule has 0 aromatic heterocycles. The monoisotopic (exact) mass is 525 g/mol. The summed E-state index contributed by atoms with van der Waals surface area (Å²) in [7, 11) is 0. The van der Waals surface area contributed by atoms with Crippen LogP contribution in [0.4, 0.5) is 5.69 Å². The van der Waals surface area contributed by atoms with E-state index >= 15 is 0 Å². The van der Waals surface area contributed by atoms with Crippen molar-refractivity contribution in [3.8, 4) is 5.75 Å². The molecule has 0 saturated carbocycles. The van der Waals surface area contributed by atoms with E-state index in [1.54, 1.807) is 42.5 Å². The lowest BCUT2D eigenvalue weighted by molar-refractivity contribution is -0.123. The first-order valence-electron chi connectivity index (χ1n) is 8.96. The SMILES string of the molecule is CCCCC(=O)Nc1ccc(C(=O)NNC(=O)COc2ccc(Br)cc2Br)cc1.